The molecule has 0 saturated heterocycles. The molecule has 2 N–H and O–H groups in total. The smallest absolute Gasteiger partial charge is 0.339 e. The van der Waals surface area contributed by atoms with Crippen molar-refractivity contribution in [1.82, 2.24) is 5.32 Å². The van der Waals surface area contributed by atoms with Crippen molar-refractivity contribution in [3.63, 3.8) is 0 Å². The van der Waals surface area contributed by atoms with Gasteiger partial charge in [0.25, 0.3) is 0 Å². The SMILES string of the molecule is CCOC(=O)c1cc(NC(=S)NCCN(C)c2ccc(OC)cc2)ccc1Cl. The number of hydrogen-bond donors (Lipinski definition) is 2. The molecule has 0 aliphatic rings. The number of ether oxygens (including phenoxy) is 2. The summed E-state index contributed by atoms with van der Waals surface area (Å²) in [6, 6.07) is 12.9. The maximum atomic E-state index is 11.9. The minimum Gasteiger partial charge on any atom is -0.497 e. The van der Waals surface area contributed by atoms with Crippen LogP contribution < -0.4 is 20.3 Å². The zero-order valence-corrected chi connectivity index (χ0v) is 17.7. The second-order valence-corrected chi connectivity index (χ2v) is 6.73. The van der Waals surface area contributed by atoms with Gasteiger partial charge in [-0.2, -0.15) is 0 Å². The number of hydrogen-bond acceptors (Lipinski definition) is 5. The van der Waals surface area contributed by atoms with Gasteiger partial charge in [-0.15, -0.1) is 0 Å². The zero-order valence-electron chi connectivity index (χ0n) is 16.1. The van der Waals surface area contributed by atoms with Crippen LogP contribution in [0.3, 0.4) is 0 Å². The summed E-state index contributed by atoms with van der Waals surface area (Å²) in [5.74, 6) is 0.363. The van der Waals surface area contributed by atoms with Crippen LogP contribution in [0.1, 0.15) is 17.3 Å². The largest absolute Gasteiger partial charge is 0.497 e. The first-order chi connectivity index (χ1) is 13.4. The fourth-order valence-electron chi connectivity index (χ4n) is 2.45. The summed E-state index contributed by atoms with van der Waals surface area (Å²) < 4.78 is 10.2. The first-order valence-electron chi connectivity index (χ1n) is 8.81. The second kappa shape index (κ2) is 10.7. The lowest BCUT2D eigenvalue weighted by Crippen LogP contribution is -2.35. The Bertz CT molecular complexity index is 815. The molecule has 0 unspecified atom stereocenters. The van der Waals surface area contributed by atoms with Crippen molar-refractivity contribution in [2.24, 2.45) is 0 Å². The molecule has 2 aromatic rings. The molecule has 0 amide bonds. The number of nitrogens with zero attached hydrogens (tertiary/aromatic N) is 1. The van der Waals surface area contributed by atoms with Crippen LogP contribution in [-0.4, -0.2) is 44.9 Å². The van der Waals surface area contributed by atoms with Gasteiger partial charge >= 0.3 is 5.97 Å². The highest BCUT2D eigenvalue weighted by molar-refractivity contribution is 7.80. The van der Waals surface area contributed by atoms with Crippen molar-refractivity contribution < 1.29 is 14.3 Å². The van der Waals surface area contributed by atoms with E-state index in [4.69, 9.17) is 33.3 Å². The molecule has 0 radical (unpaired) electrons. The monoisotopic (exact) mass is 421 g/mol. The van der Waals surface area contributed by atoms with E-state index < -0.39 is 5.97 Å². The van der Waals surface area contributed by atoms with Crippen molar-refractivity contribution >= 4 is 46.3 Å². The predicted octanol–water partition coefficient (Wildman–Crippen LogP) is 3.95. The third-order valence-corrected chi connectivity index (χ3v) is 4.54. The van der Waals surface area contributed by atoms with Gasteiger partial charge in [0, 0.05) is 31.5 Å². The van der Waals surface area contributed by atoms with Crippen LogP contribution in [0.4, 0.5) is 11.4 Å². The van der Waals surface area contributed by atoms with Gasteiger partial charge in [0.15, 0.2) is 5.11 Å². The molecule has 0 saturated carbocycles. The molecular weight excluding hydrogens is 398 g/mol. The van der Waals surface area contributed by atoms with Crippen molar-refractivity contribution in [2.45, 2.75) is 6.92 Å². The van der Waals surface area contributed by atoms with Gasteiger partial charge in [-0.25, -0.2) is 4.79 Å². The van der Waals surface area contributed by atoms with Crippen LogP contribution in [0.25, 0.3) is 0 Å². The fraction of sp³-hybridized carbons (Fsp3) is 0.300. The average Bonchev–Trinajstić information content (AvgIpc) is 2.69. The van der Waals surface area contributed by atoms with Gasteiger partial charge in [0.2, 0.25) is 0 Å². The number of likely N-dealkylation sites (N-methyl/N-ethyl adjacent to an activating group) is 1. The van der Waals surface area contributed by atoms with E-state index in [0.29, 0.717) is 27.9 Å². The van der Waals surface area contributed by atoms with Crippen molar-refractivity contribution in [2.75, 3.05) is 44.1 Å². The molecule has 0 aromatic heterocycles. The third-order valence-electron chi connectivity index (χ3n) is 3.97. The van der Waals surface area contributed by atoms with E-state index >= 15 is 0 Å². The number of halogens is 1. The molecule has 6 nitrogen and oxygen atoms in total. The van der Waals surface area contributed by atoms with E-state index in [9.17, 15) is 4.79 Å². The molecule has 0 fully saturated rings. The molecule has 0 aliphatic carbocycles. The molecular formula is C20H24ClN3O3S. The molecule has 0 spiro atoms. The molecule has 8 heteroatoms. The lowest BCUT2D eigenvalue weighted by atomic mass is 10.2. The number of carbonyl (C=O) groups is 1. The Kier molecular flexibility index (Phi) is 8.35. The molecule has 0 aliphatic heterocycles. The average molecular weight is 422 g/mol. The zero-order chi connectivity index (χ0) is 20.5. The Morgan fingerprint density at radius 1 is 1.21 bits per heavy atom. The summed E-state index contributed by atoms with van der Waals surface area (Å²) in [7, 11) is 3.65. The van der Waals surface area contributed by atoms with Crippen LogP contribution in [0.15, 0.2) is 42.5 Å². The molecule has 2 rings (SSSR count). The van der Waals surface area contributed by atoms with E-state index in [1.165, 1.54) is 0 Å². The Morgan fingerprint density at radius 2 is 1.93 bits per heavy atom. The van der Waals surface area contributed by atoms with Crippen LogP contribution in [0, 0.1) is 0 Å². The van der Waals surface area contributed by atoms with Gasteiger partial charge in [0.1, 0.15) is 5.75 Å². The first-order valence-corrected chi connectivity index (χ1v) is 9.60. The van der Waals surface area contributed by atoms with Crippen LogP contribution in [0.2, 0.25) is 5.02 Å². The number of methoxy groups -OCH3 is 1. The summed E-state index contributed by atoms with van der Waals surface area (Å²) in [5.41, 5.74) is 2.04. The maximum Gasteiger partial charge on any atom is 0.339 e. The van der Waals surface area contributed by atoms with Gasteiger partial charge < -0.3 is 25.0 Å². The lowest BCUT2D eigenvalue weighted by Gasteiger charge is -2.20. The van der Waals surface area contributed by atoms with Crippen LogP contribution >= 0.6 is 23.8 Å². The van der Waals surface area contributed by atoms with Gasteiger partial charge in [-0.3, -0.25) is 0 Å². The number of rotatable bonds is 8. The summed E-state index contributed by atoms with van der Waals surface area (Å²) in [5, 5.41) is 7.00. The maximum absolute atomic E-state index is 11.9. The predicted molar refractivity (Wildman–Crippen MR) is 118 cm³/mol. The highest BCUT2D eigenvalue weighted by atomic mass is 35.5. The number of esters is 1. The van der Waals surface area contributed by atoms with Gasteiger partial charge in [-0.1, -0.05) is 11.6 Å². The molecule has 0 atom stereocenters. The number of thiocarbonyl (C=S) groups is 1. The van der Waals surface area contributed by atoms with E-state index in [1.807, 2.05) is 31.3 Å². The molecule has 150 valence electrons. The minimum absolute atomic E-state index is 0.286. The Hall–Kier alpha value is -2.51. The number of anilines is 2. The third kappa shape index (κ3) is 6.28. The molecule has 0 heterocycles. The van der Waals surface area contributed by atoms with E-state index in [2.05, 4.69) is 15.5 Å². The summed E-state index contributed by atoms with van der Waals surface area (Å²) in [4.78, 5) is 14.0. The second-order valence-electron chi connectivity index (χ2n) is 5.92. The van der Waals surface area contributed by atoms with E-state index in [-0.39, 0.29) is 6.61 Å². The van der Waals surface area contributed by atoms with Gasteiger partial charge in [-0.05, 0) is 61.6 Å². The van der Waals surface area contributed by atoms with Crippen molar-refractivity contribution in [3.05, 3.63) is 53.1 Å². The van der Waals surface area contributed by atoms with Crippen molar-refractivity contribution in [1.29, 1.82) is 0 Å². The van der Waals surface area contributed by atoms with Gasteiger partial charge in [0.05, 0.1) is 24.3 Å². The Morgan fingerprint density at radius 3 is 2.57 bits per heavy atom. The normalized spacial score (nSPS) is 10.1. The highest BCUT2D eigenvalue weighted by Gasteiger charge is 2.12. The molecule has 2 aromatic carbocycles. The Labute approximate surface area is 175 Å². The van der Waals surface area contributed by atoms with Crippen LogP contribution in [0.5, 0.6) is 5.75 Å². The highest BCUT2D eigenvalue weighted by Crippen LogP contribution is 2.21. The summed E-state index contributed by atoms with van der Waals surface area (Å²) >= 11 is 11.4. The number of nitrogens with one attached hydrogen (secondary N) is 2. The topological polar surface area (TPSA) is 62.8 Å². The molecule has 0 bridgehead atoms. The molecule has 28 heavy (non-hydrogen) atoms. The summed E-state index contributed by atoms with van der Waals surface area (Å²) in [6.45, 7) is 3.43. The number of benzene rings is 2. The first kappa shape index (κ1) is 21.8. The van der Waals surface area contributed by atoms with Crippen LogP contribution in [-0.2, 0) is 4.74 Å². The van der Waals surface area contributed by atoms with E-state index in [1.54, 1.807) is 32.2 Å². The standard InChI is InChI=1S/C20H24ClN3O3S/c1-4-27-19(25)17-13-14(5-10-18(17)21)23-20(28)22-11-12-24(2)15-6-8-16(26-3)9-7-15/h5-10,13H,4,11-12H2,1-3H3,(H2,22,23,28). The quantitative estimate of drug-likeness (QED) is 0.494. The lowest BCUT2D eigenvalue weighted by molar-refractivity contribution is 0.0526. The summed E-state index contributed by atoms with van der Waals surface area (Å²) in [6.07, 6.45) is 0. The fourth-order valence-corrected chi connectivity index (χ4v) is 2.86. The Balaban J connectivity index is 1.85. The van der Waals surface area contributed by atoms with E-state index in [0.717, 1.165) is 18.0 Å². The van der Waals surface area contributed by atoms with Crippen molar-refractivity contribution in [3.8, 4) is 5.75 Å². The minimum atomic E-state index is -0.462. The number of carbonyl (C=O) groups excluding carboxylic acids is 1.